The van der Waals surface area contributed by atoms with E-state index in [0.717, 1.165) is 12.0 Å². The standard InChI is InChI=1S/C15H18N2O4/c1-10-4-3-7-17(9-10)15(20)16-11-5-6-12(14(18)19)13(8-11)21-2/h4-6,8H,3,7,9H2,1-2H3,(H,16,20)(H,18,19). The summed E-state index contributed by atoms with van der Waals surface area (Å²) in [6.45, 7) is 3.27. The zero-order valence-corrected chi connectivity index (χ0v) is 12.0. The topological polar surface area (TPSA) is 78.9 Å². The molecule has 0 aromatic heterocycles. The van der Waals surface area contributed by atoms with Crippen LogP contribution in [0.15, 0.2) is 29.8 Å². The molecule has 1 aromatic carbocycles. The molecule has 21 heavy (non-hydrogen) atoms. The Hall–Kier alpha value is -2.50. The molecule has 0 unspecified atom stereocenters. The Kier molecular flexibility index (Phi) is 4.47. The Bertz CT molecular complexity index is 595. The number of anilines is 1. The maximum absolute atomic E-state index is 12.2. The molecule has 0 saturated heterocycles. The highest BCUT2D eigenvalue weighted by Gasteiger charge is 2.17. The van der Waals surface area contributed by atoms with E-state index in [-0.39, 0.29) is 17.3 Å². The average molecular weight is 290 g/mol. The molecule has 1 aliphatic heterocycles. The first-order chi connectivity index (χ1) is 10.0. The van der Waals surface area contributed by atoms with Crippen molar-refractivity contribution in [3.63, 3.8) is 0 Å². The van der Waals surface area contributed by atoms with Crippen molar-refractivity contribution in [3.05, 3.63) is 35.4 Å². The second-order valence-electron chi connectivity index (χ2n) is 4.91. The Labute approximate surface area is 123 Å². The summed E-state index contributed by atoms with van der Waals surface area (Å²) in [5.74, 6) is -0.850. The zero-order valence-electron chi connectivity index (χ0n) is 12.0. The van der Waals surface area contributed by atoms with Gasteiger partial charge in [-0.15, -0.1) is 0 Å². The first kappa shape index (κ1) is 14.9. The van der Waals surface area contributed by atoms with E-state index >= 15 is 0 Å². The predicted octanol–water partition coefficient (Wildman–Crippen LogP) is 2.58. The molecule has 0 bridgehead atoms. The molecule has 6 nitrogen and oxygen atoms in total. The van der Waals surface area contributed by atoms with Crippen LogP contribution in [0.2, 0.25) is 0 Å². The highest BCUT2D eigenvalue weighted by Crippen LogP contribution is 2.23. The van der Waals surface area contributed by atoms with Crippen molar-refractivity contribution >= 4 is 17.7 Å². The molecule has 2 N–H and O–H groups in total. The number of amides is 2. The van der Waals surface area contributed by atoms with Crippen LogP contribution in [0.25, 0.3) is 0 Å². The minimum atomic E-state index is -1.07. The van der Waals surface area contributed by atoms with Crippen LogP contribution in [0.4, 0.5) is 10.5 Å². The molecule has 0 atom stereocenters. The number of hydrogen-bond acceptors (Lipinski definition) is 3. The highest BCUT2D eigenvalue weighted by molar-refractivity contribution is 5.94. The molecular formula is C15H18N2O4. The maximum Gasteiger partial charge on any atom is 0.339 e. The van der Waals surface area contributed by atoms with E-state index in [9.17, 15) is 9.59 Å². The van der Waals surface area contributed by atoms with Crippen LogP contribution in [-0.2, 0) is 0 Å². The van der Waals surface area contributed by atoms with Crippen LogP contribution < -0.4 is 10.1 Å². The van der Waals surface area contributed by atoms with Crippen molar-refractivity contribution < 1.29 is 19.4 Å². The molecule has 112 valence electrons. The molecule has 2 rings (SSSR count). The lowest BCUT2D eigenvalue weighted by molar-refractivity contribution is 0.0693. The van der Waals surface area contributed by atoms with Crippen LogP contribution in [0.3, 0.4) is 0 Å². The molecule has 1 aliphatic rings. The largest absolute Gasteiger partial charge is 0.496 e. The van der Waals surface area contributed by atoms with E-state index in [1.54, 1.807) is 11.0 Å². The van der Waals surface area contributed by atoms with Crippen molar-refractivity contribution in [2.75, 3.05) is 25.5 Å². The molecule has 2 amide bonds. The number of aromatic carboxylic acids is 1. The van der Waals surface area contributed by atoms with Gasteiger partial charge in [-0.3, -0.25) is 0 Å². The second kappa shape index (κ2) is 6.30. The van der Waals surface area contributed by atoms with E-state index in [2.05, 4.69) is 11.4 Å². The Morgan fingerprint density at radius 3 is 2.76 bits per heavy atom. The van der Waals surface area contributed by atoms with Gasteiger partial charge >= 0.3 is 12.0 Å². The number of nitrogens with zero attached hydrogens (tertiary/aromatic N) is 1. The predicted molar refractivity (Wildman–Crippen MR) is 78.9 cm³/mol. The van der Waals surface area contributed by atoms with Crippen molar-refractivity contribution in [2.45, 2.75) is 13.3 Å². The van der Waals surface area contributed by atoms with E-state index in [1.807, 2.05) is 6.92 Å². The molecule has 0 radical (unpaired) electrons. The molecule has 0 aliphatic carbocycles. The number of carbonyl (C=O) groups excluding carboxylic acids is 1. The van der Waals surface area contributed by atoms with Crippen LogP contribution in [-0.4, -0.2) is 42.2 Å². The Balaban J connectivity index is 2.11. The summed E-state index contributed by atoms with van der Waals surface area (Å²) < 4.78 is 5.04. The van der Waals surface area contributed by atoms with Gasteiger partial charge in [0.15, 0.2) is 0 Å². The van der Waals surface area contributed by atoms with Gasteiger partial charge in [-0.2, -0.15) is 0 Å². The number of nitrogens with one attached hydrogen (secondary N) is 1. The minimum absolute atomic E-state index is 0.0623. The number of ether oxygens (including phenoxy) is 1. The monoisotopic (exact) mass is 290 g/mol. The van der Waals surface area contributed by atoms with E-state index in [0.29, 0.717) is 18.8 Å². The molecule has 0 saturated carbocycles. The van der Waals surface area contributed by atoms with Gasteiger partial charge in [0.05, 0.1) is 7.11 Å². The zero-order chi connectivity index (χ0) is 15.4. The number of urea groups is 1. The van der Waals surface area contributed by atoms with E-state index < -0.39 is 5.97 Å². The van der Waals surface area contributed by atoms with Gasteiger partial charge in [0.1, 0.15) is 11.3 Å². The normalized spacial score (nSPS) is 14.4. The summed E-state index contributed by atoms with van der Waals surface area (Å²) in [7, 11) is 1.40. The summed E-state index contributed by atoms with van der Waals surface area (Å²) >= 11 is 0. The van der Waals surface area contributed by atoms with Crippen LogP contribution in [0.1, 0.15) is 23.7 Å². The molecule has 1 aromatic rings. The van der Waals surface area contributed by atoms with Gasteiger partial charge in [0.2, 0.25) is 0 Å². The number of carboxylic acid groups (broad SMARTS) is 1. The maximum atomic E-state index is 12.2. The van der Waals surface area contributed by atoms with Crippen LogP contribution in [0.5, 0.6) is 5.75 Å². The van der Waals surface area contributed by atoms with Gasteiger partial charge in [-0.25, -0.2) is 9.59 Å². The third kappa shape index (κ3) is 3.53. The van der Waals surface area contributed by atoms with Crippen molar-refractivity contribution in [2.24, 2.45) is 0 Å². The van der Waals surface area contributed by atoms with Crippen LogP contribution in [0, 0.1) is 0 Å². The summed E-state index contributed by atoms with van der Waals surface area (Å²) in [4.78, 5) is 24.9. The first-order valence-corrected chi connectivity index (χ1v) is 6.64. The SMILES string of the molecule is COc1cc(NC(=O)N2CCC=C(C)C2)ccc1C(=O)O. The smallest absolute Gasteiger partial charge is 0.339 e. The van der Waals surface area contributed by atoms with Crippen LogP contribution >= 0.6 is 0 Å². The molecule has 1 heterocycles. The van der Waals surface area contributed by atoms with Gasteiger partial charge < -0.3 is 20.1 Å². The number of rotatable bonds is 3. The third-order valence-corrected chi connectivity index (χ3v) is 3.30. The fourth-order valence-electron chi connectivity index (χ4n) is 2.23. The lowest BCUT2D eigenvalue weighted by Crippen LogP contribution is -2.38. The number of methoxy groups -OCH3 is 1. The fourth-order valence-corrected chi connectivity index (χ4v) is 2.23. The van der Waals surface area contributed by atoms with E-state index in [1.165, 1.54) is 19.2 Å². The molecule has 0 spiro atoms. The van der Waals surface area contributed by atoms with Gasteiger partial charge in [-0.1, -0.05) is 11.6 Å². The Morgan fingerprint density at radius 1 is 1.38 bits per heavy atom. The first-order valence-electron chi connectivity index (χ1n) is 6.64. The number of benzene rings is 1. The van der Waals surface area contributed by atoms with Crippen molar-refractivity contribution in [1.82, 2.24) is 4.90 Å². The molecule has 0 fully saturated rings. The third-order valence-electron chi connectivity index (χ3n) is 3.30. The van der Waals surface area contributed by atoms with Gasteiger partial charge in [-0.05, 0) is 25.5 Å². The number of carboxylic acids is 1. The summed E-state index contributed by atoms with van der Waals surface area (Å²) in [5.41, 5.74) is 1.73. The fraction of sp³-hybridized carbons (Fsp3) is 0.333. The minimum Gasteiger partial charge on any atom is -0.496 e. The van der Waals surface area contributed by atoms with Gasteiger partial charge in [0.25, 0.3) is 0 Å². The lowest BCUT2D eigenvalue weighted by Gasteiger charge is -2.26. The van der Waals surface area contributed by atoms with Crippen molar-refractivity contribution in [1.29, 1.82) is 0 Å². The summed E-state index contributed by atoms with van der Waals surface area (Å²) in [6.07, 6.45) is 2.97. The highest BCUT2D eigenvalue weighted by atomic mass is 16.5. The molecule has 6 heteroatoms. The second-order valence-corrected chi connectivity index (χ2v) is 4.91. The lowest BCUT2D eigenvalue weighted by atomic mass is 10.1. The molecular weight excluding hydrogens is 272 g/mol. The number of carbonyl (C=O) groups is 2. The van der Waals surface area contributed by atoms with E-state index in [4.69, 9.17) is 9.84 Å². The number of hydrogen-bond donors (Lipinski definition) is 2. The quantitative estimate of drug-likeness (QED) is 0.839. The summed E-state index contributed by atoms with van der Waals surface area (Å²) in [6, 6.07) is 4.27. The van der Waals surface area contributed by atoms with Gasteiger partial charge in [0, 0.05) is 24.8 Å². The Morgan fingerprint density at radius 2 is 2.14 bits per heavy atom. The van der Waals surface area contributed by atoms with Crippen molar-refractivity contribution in [3.8, 4) is 5.75 Å². The summed E-state index contributed by atoms with van der Waals surface area (Å²) in [5, 5.41) is 11.8. The average Bonchev–Trinajstić information content (AvgIpc) is 2.46.